The lowest BCUT2D eigenvalue weighted by Gasteiger charge is -2.08. The van der Waals surface area contributed by atoms with Crippen LogP contribution < -0.4 is 5.32 Å². The number of carbonyl (C=O) groups excluding carboxylic acids is 1. The second kappa shape index (κ2) is 7.95. The van der Waals surface area contributed by atoms with Crippen molar-refractivity contribution in [1.82, 2.24) is 14.8 Å². The van der Waals surface area contributed by atoms with E-state index in [4.69, 9.17) is 4.74 Å². The Morgan fingerprint density at radius 1 is 1.32 bits per heavy atom. The molecule has 1 aromatic carbocycles. The maximum atomic E-state index is 12.0. The predicted molar refractivity (Wildman–Crippen MR) is 87.2 cm³/mol. The molecule has 0 unspecified atom stereocenters. The number of amides is 1. The van der Waals surface area contributed by atoms with Crippen molar-refractivity contribution in [2.24, 2.45) is 0 Å². The van der Waals surface area contributed by atoms with Crippen LogP contribution in [0.1, 0.15) is 11.1 Å². The number of benzene rings is 1. The molecule has 0 saturated carbocycles. The Balaban J connectivity index is 1.89. The van der Waals surface area contributed by atoms with Crippen LogP contribution in [0.4, 0.5) is 5.69 Å². The van der Waals surface area contributed by atoms with Gasteiger partial charge in [0.2, 0.25) is 5.91 Å². The molecule has 1 aromatic heterocycles. The zero-order valence-corrected chi connectivity index (χ0v) is 13.8. The normalized spacial score (nSPS) is 10.7. The number of ether oxygens (including phenoxy) is 1. The van der Waals surface area contributed by atoms with Crippen molar-refractivity contribution in [2.75, 3.05) is 24.8 Å². The van der Waals surface area contributed by atoms with Crippen LogP contribution in [0.25, 0.3) is 0 Å². The molecule has 0 radical (unpaired) electrons. The van der Waals surface area contributed by atoms with Crippen molar-refractivity contribution in [2.45, 2.75) is 25.5 Å². The Bertz CT molecular complexity index is 622. The molecule has 0 bridgehead atoms. The standard InChI is InChI=1S/C15H20N4O2S/c1-11-6-12(2)8-13(7-11)17-14(20)9-22-15-18-16-10-19(15)4-5-21-3/h6-8,10H,4-5,9H2,1-3H3,(H,17,20). The fourth-order valence-corrected chi connectivity index (χ4v) is 2.81. The number of carbonyl (C=O) groups is 1. The monoisotopic (exact) mass is 320 g/mol. The van der Waals surface area contributed by atoms with Gasteiger partial charge in [0.15, 0.2) is 5.16 Å². The Kier molecular flexibility index (Phi) is 5.97. The summed E-state index contributed by atoms with van der Waals surface area (Å²) >= 11 is 1.36. The number of aromatic nitrogens is 3. The van der Waals surface area contributed by atoms with Crippen molar-refractivity contribution < 1.29 is 9.53 Å². The minimum Gasteiger partial charge on any atom is -0.383 e. The highest BCUT2D eigenvalue weighted by molar-refractivity contribution is 7.99. The third-order valence-electron chi connectivity index (χ3n) is 2.95. The van der Waals surface area contributed by atoms with Crippen LogP contribution in [0.2, 0.25) is 0 Å². The molecule has 7 heteroatoms. The average molecular weight is 320 g/mol. The minimum absolute atomic E-state index is 0.0590. The molecule has 0 fully saturated rings. The van der Waals surface area contributed by atoms with Gasteiger partial charge in [-0.2, -0.15) is 0 Å². The molecule has 0 aliphatic carbocycles. The molecule has 118 valence electrons. The largest absolute Gasteiger partial charge is 0.383 e. The fourth-order valence-electron chi connectivity index (χ4n) is 2.07. The van der Waals surface area contributed by atoms with E-state index in [1.165, 1.54) is 11.8 Å². The van der Waals surface area contributed by atoms with Crippen LogP contribution >= 0.6 is 11.8 Å². The number of hydrogen-bond donors (Lipinski definition) is 1. The van der Waals surface area contributed by atoms with Crippen LogP contribution in [0.5, 0.6) is 0 Å². The number of thioether (sulfide) groups is 1. The van der Waals surface area contributed by atoms with Gasteiger partial charge in [-0.05, 0) is 37.1 Å². The number of methoxy groups -OCH3 is 1. The topological polar surface area (TPSA) is 69.0 Å². The van der Waals surface area contributed by atoms with Crippen LogP contribution in [0, 0.1) is 13.8 Å². The van der Waals surface area contributed by atoms with Crippen molar-refractivity contribution in [1.29, 1.82) is 0 Å². The van der Waals surface area contributed by atoms with E-state index < -0.39 is 0 Å². The van der Waals surface area contributed by atoms with Crippen molar-refractivity contribution in [3.8, 4) is 0 Å². The number of nitrogens with one attached hydrogen (secondary N) is 1. The fraction of sp³-hybridized carbons (Fsp3) is 0.400. The first kappa shape index (κ1) is 16.5. The minimum atomic E-state index is -0.0590. The summed E-state index contributed by atoms with van der Waals surface area (Å²) in [6, 6.07) is 5.98. The molecule has 6 nitrogen and oxygen atoms in total. The third kappa shape index (κ3) is 4.85. The Morgan fingerprint density at radius 3 is 2.73 bits per heavy atom. The molecule has 0 spiro atoms. The lowest BCUT2D eigenvalue weighted by Crippen LogP contribution is -2.15. The average Bonchev–Trinajstić information content (AvgIpc) is 2.89. The SMILES string of the molecule is COCCn1cnnc1SCC(=O)Nc1cc(C)cc(C)c1. The number of hydrogen-bond acceptors (Lipinski definition) is 5. The maximum absolute atomic E-state index is 12.0. The Morgan fingerprint density at radius 2 is 2.05 bits per heavy atom. The molecule has 0 saturated heterocycles. The van der Waals surface area contributed by atoms with Crippen molar-refractivity contribution in [3.63, 3.8) is 0 Å². The van der Waals surface area contributed by atoms with Crippen LogP contribution in [-0.2, 0) is 16.1 Å². The van der Waals surface area contributed by atoms with Crippen LogP contribution in [-0.4, -0.2) is 40.1 Å². The number of nitrogens with zero attached hydrogens (tertiary/aromatic N) is 3. The summed E-state index contributed by atoms with van der Waals surface area (Å²) in [5.74, 6) is 0.231. The van der Waals surface area contributed by atoms with E-state index in [1.54, 1.807) is 13.4 Å². The van der Waals surface area contributed by atoms with Gasteiger partial charge in [-0.3, -0.25) is 4.79 Å². The van der Waals surface area contributed by atoms with Gasteiger partial charge in [-0.15, -0.1) is 10.2 Å². The lowest BCUT2D eigenvalue weighted by molar-refractivity contribution is -0.113. The van der Waals surface area contributed by atoms with Gasteiger partial charge < -0.3 is 14.6 Å². The molecule has 2 aromatic rings. The van der Waals surface area contributed by atoms with Crippen molar-refractivity contribution >= 4 is 23.4 Å². The summed E-state index contributed by atoms with van der Waals surface area (Å²) in [7, 11) is 1.65. The lowest BCUT2D eigenvalue weighted by atomic mass is 10.1. The highest BCUT2D eigenvalue weighted by Gasteiger charge is 2.09. The van der Waals surface area contributed by atoms with E-state index in [0.29, 0.717) is 24.1 Å². The van der Waals surface area contributed by atoms with E-state index in [1.807, 2.05) is 30.5 Å². The summed E-state index contributed by atoms with van der Waals surface area (Å²) < 4.78 is 6.91. The summed E-state index contributed by atoms with van der Waals surface area (Å²) in [6.07, 6.45) is 1.64. The molecule has 1 amide bonds. The van der Waals surface area contributed by atoms with Gasteiger partial charge in [0.25, 0.3) is 0 Å². The van der Waals surface area contributed by atoms with Gasteiger partial charge in [0, 0.05) is 19.3 Å². The van der Waals surface area contributed by atoms with Crippen LogP contribution in [0.3, 0.4) is 0 Å². The van der Waals surface area contributed by atoms with Crippen molar-refractivity contribution in [3.05, 3.63) is 35.7 Å². The van der Waals surface area contributed by atoms with Gasteiger partial charge in [0.05, 0.1) is 12.4 Å². The first-order valence-corrected chi connectivity index (χ1v) is 7.94. The predicted octanol–water partition coefficient (Wildman–Crippen LogP) is 2.27. The molecule has 22 heavy (non-hydrogen) atoms. The maximum Gasteiger partial charge on any atom is 0.234 e. The number of anilines is 1. The van der Waals surface area contributed by atoms with Gasteiger partial charge in [-0.1, -0.05) is 17.8 Å². The Hall–Kier alpha value is -1.86. The van der Waals surface area contributed by atoms with E-state index in [2.05, 4.69) is 21.6 Å². The number of aryl methyl sites for hydroxylation is 2. The van der Waals surface area contributed by atoms with E-state index >= 15 is 0 Å². The first-order chi connectivity index (χ1) is 10.6. The second-order valence-corrected chi connectivity index (χ2v) is 5.96. The molecule has 1 heterocycles. The van der Waals surface area contributed by atoms with E-state index in [9.17, 15) is 4.79 Å². The quantitative estimate of drug-likeness (QED) is 0.793. The molecule has 0 aliphatic rings. The third-order valence-corrected chi connectivity index (χ3v) is 3.94. The summed E-state index contributed by atoms with van der Waals surface area (Å²) in [6.45, 7) is 5.27. The molecule has 2 rings (SSSR count). The molecule has 0 atom stereocenters. The van der Waals surface area contributed by atoms with Gasteiger partial charge in [-0.25, -0.2) is 0 Å². The molecular formula is C15H20N4O2S. The first-order valence-electron chi connectivity index (χ1n) is 6.96. The summed E-state index contributed by atoms with van der Waals surface area (Å²) in [4.78, 5) is 12.0. The number of rotatable bonds is 7. The van der Waals surface area contributed by atoms with Gasteiger partial charge >= 0.3 is 0 Å². The molecular weight excluding hydrogens is 300 g/mol. The summed E-state index contributed by atoms with van der Waals surface area (Å²) in [5, 5.41) is 11.5. The smallest absolute Gasteiger partial charge is 0.234 e. The second-order valence-electron chi connectivity index (χ2n) is 5.01. The highest BCUT2D eigenvalue weighted by atomic mass is 32.2. The zero-order chi connectivity index (χ0) is 15.9. The Labute approximate surface area is 134 Å². The molecule has 0 aliphatic heterocycles. The highest BCUT2D eigenvalue weighted by Crippen LogP contribution is 2.17. The summed E-state index contributed by atoms with van der Waals surface area (Å²) in [5.41, 5.74) is 3.08. The van der Waals surface area contributed by atoms with E-state index in [0.717, 1.165) is 16.8 Å². The molecule has 1 N–H and O–H groups in total. The van der Waals surface area contributed by atoms with E-state index in [-0.39, 0.29) is 5.91 Å². The van der Waals surface area contributed by atoms with Crippen LogP contribution in [0.15, 0.2) is 29.7 Å². The zero-order valence-electron chi connectivity index (χ0n) is 13.0. The van der Waals surface area contributed by atoms with Gasteiger partial charge in [0.1, 0.15) is 6.33 Å².